The molecule has 9 heteroatoms. The lowest BCUT2D eigenvalue weighted by molar-refractivity contribution is -0.157. The number of aromatic nitrogens is 2. The highest BCUT2D eigenvalue weighted by Crippen LogP contribution is 2.17. The van der Waals surface area contributed by atoms with E-state index in [1.54, 1.807) is 4.57 Å². The van der Waals surface area contributed by atoms with Gasteiger partial charge in [0.15, 0.2) is 11.1 Å². The Kier molecular flexibility index (Phi) is 4.41. The van der Waals surface area contributed by atoms with Crippen LogP contribution in [0.4, 0.5) is 0 Å². The molecule has 0 aliphatic carbocycles. The van der Waals surface area contributed by atoms with Crippen molar-refractivity contribution in [3.8, 4) is 0 Å². The Hall–Kier alpha value is -1.45. The summed E-state index contributed by atoms with van der Waals surface area (Å²) in [7, 11) is -2.47. The summed E-state index contributed by atoms with van der Waals surface area (Å²) in [5, 5.41) is -0.0233. The lowest BCUT2D eigenvalue weighted by Crippen LogP contribution is -2.48. The average Bonchev–Trinajstić information content (AvgIpc) is 2.96. The van der Waals surface area contributed by atoms with Crippen LogP contribution in [0.25, 0.3) is 0 Å². The number of carbonyl (C=O) groups excluding carboxylic acids is 1. The molecule has 8 nitrogen and oxygen atoms in total. The molecule has 2 rings (SSSR count). The fraction of sp³-hybridized carbons (Fsp3) is 0.636. The van der Waals surface area contributed by atoms with Crippen molar-refractivity contribution in [2.24, 2.45) is 0 Å². The largest absolute Gasteiger partial charge is 0.467 e. The van der Waals surface area contributed by atoms with E-state index in [1.807, 2.05) is 6.92 Å². The summed E-state index contributed by atoms with van der Waals surface area (Å²) in [6, 6.07) is 0. The number of esters is 1. The molecule has 2 heterocycles. The predicted octanol–water partition coefficient (Wildman–Crippen LogP) is -0.534. The number of imidazole rings is 1. The van der Waals surface area contributed by atoms with E-state index in [1.165, 1.54) is 23.9 Å². The van der Waals surface area contributed by atoms with Crippen molar-refractivity contribution < 1.29 is 22.7 Å². The van der Waals surface area contributed by atoms with Crippen LogP contribution in [0.2, 0.25) is 0 Å². The first kappa shape index (κ1) is 14.9. The highest BCUT2D eigenvalue weighted by atomic mass is 32.2. The van der Waals surface area contributed by atoms with Gasteiger partial charge in [-0.15, -0.1) is 0 Å². The van der Waals surface area contributed by atoms with Gasteiger partial charge in [-0.1, -0.05) is 0 Å². The van der Waals surface area contributed by atoms with Crippen molar-refractivity contribution in [3.63, 3.8) is 0 Å². The van der Waals surface area contributed by atoms with Gasteiger partial charge in [-0.25, -0.2) is 18.2 Å². The highest BCUT2D eigenvalue weighted by molar-refractivity contribution is 7.89. The van der Waals surface area contributed by atoms with Gasteiger partial charge in [0.1, 0.15) is 0 Å². The SMILES string of the molecule is CCn1cnc(S(=O)(=O)N2CCOC(C(=O)OC)C2)c1. The van der Waals surface area contributed by atoms with Crippen LogP contribution in [-0.2, 0) is 30.8 Å². The van der Waals surface area contributed by atoms with Gasteiger partial charge in [-0.3, -0.25) is 0 Å². The van der Waals surface area contributed by atoms with Crippen molar-refractivity contribution in [3.05, 3.63) is 12.5 Å². The standard InChI is InChI=1S/C11H17N3O5S/c1-3-13-7-10(12-8-13)20(16,17)14-4-5-19-9(6-14)11(15)18-2/h7-9H,3-6H2,1-2H3. The number of methoxy groups -OCH3 is 1. The molecule has 0 aromatic carbocycles. The van der Waals surface area contributed by atoms with E-state index in [0.29, 0.717) is 6.54 Å². The smallest absolute Gasteiger partial charge is 0.336 e. The summed E-state index contributed by atoms with van der Waals surface area (Å²) < 4.78 is 37.5. The van der Waals surface area contributed by atoms with E-state index in [-0.39, 0.29) is 24.7 Å². The molecule has 0 radical (unpaired) electrons. The molecule has 0 saturated carbocycles. The Balaban J connectivity index is 2.18. The molecule has 0 bridgehead atoms. The van der Waals surface area contributed by atoms with Gasteiger partial charge in [0.2, 0.25) is 0 Å². The van der Waals surface area contributed by atoms with Crippen LogP contribution in [0, 0.1) is 0 Å². The molecule has 1 saturated heterocycles. The zero-order valence-electron chi connectivity index (χ0n) is 11.4. The normalized spacial score (nSPS) is 20.8. The van der Waals surface area contributed by atoms with Gasteiger partial charge in [0.05, 0.1) is 26.6 Å². The fourth-order valence-corrected chi connectivity index (χ4v) is 3.26. The second-order valence-corrected chi connectivity index (χ2v) is 6.17. The van der Waals surface area contributed by atoms with Crippen LogP contribution < -0.4 is 0 Å². The molecule has 1 aliphatic rings. The van der Waals surface area contributed by atoms with Crippen molar-refractivity contribution in [1.29, 1.82) is 0 Å². The minimum Gasteiger partial charge on any atom is -0.467 e. The van der Waals surface area contributed by atoms with E-state index in [9.17, 15) is 13.2 Å². The van der Waals surface area contributed by atoms with Crippen LogP contribution in [0.5, 0.6) is 0 Å². The van der Waals surface area contributed by atoms with Gasteiger partial charge in [-0.2, -0.15) is 4.31 Å². The molecule has 1 fully saturated rings. The van der Waals surface area contributed by atoms with Gasteiger partial charge in [0.25, 0.3) is 10.0 Å². The second-order valence-electron chi connectivity index (χ2n) is 4.29. The van der Waals surface area contributed by atoms with E-state index in [0.717, 1.165) is 0 Å². The first-order chi connectivity index (χ1) is 9.48. The number of sulfonamides is 1. The van der Waals surface area contributed by atoms with Gasteiger partial charge in [0, 0.05) is 19.3 Å². The van der Waals surface area contributed by atoms with Crippen molar-refractivity contribution in [2.45, 2.75) is 24.6 Å². The van der Waals surface area contributed by atoms with Crippen LogP contribution in [-0.4, -0.2) is 61.2 Å². The van der Waals surface area contributed by atoms with Gasteiger partial charge in [-0.05, 0) is 6.92 Å². The van der Waals surface area contributed by atoms with Crippen LogP contribution in [0.3, 0.4) is 0 Å². The molecular formula is C11H17N3O5S. The van der Waals surface area contributed by atoms with Crippen molar-refractivity contribution in [2.75, 3.05) is 26.8 Å². The summed E-state index contributed by atoms with van der Waals surface area (Å²) in [5.74, 6) is -0.580. The van der Waals surface area contributed by atoms with E-state index < -0.39 is 22.1 Å². The Morgan fingerprint density at radius 2 is 2.35 bits per heavy atom. The fourth-order valence-electron chi connectivity index (χ4n) is 1.90. The molecule has 1 unspecified atom stereocenters. The number of hydrogen-bond acceptors (Lipinski definition) is 6. The number of rotatable bonds is 4. The minimum absolute atomic E-state index is 0.0233. The summed E-state index contributed by atoms with van der Waals surface area (Å²) in [6.45, 7) is 2.80. The first-order valence-electron chi connectivity index (χ1n) is 6.20. The van der Waals surface area contributed by atoms with Crippen molar-refractivity contribution in [1.82, 2.24) is 13.9 Å². The molecule has 0 N–H and O–H groups in total. The number of carbonyl (C=O) groups is 1. The molecule has 112 valence electrons. The molecule has 0 spiro atoms. The second kappa shape index (κ2) is 5.90. The monoisotopic (exact) mass is 303 g/mol. The number of ether oxygens (including phenoxy) is 2. The van der Waals surface area contributed by atoms with Gasteiger partial charge >= 0.3 is 5.97 Å². The highest BCUT2D eigenvalue weighted by Gasteiger charge is 2.35. The summed E-state index contributed by atoms with van der Waals surface area (Å²) in [6.07, 6.45) is 2.04. The zero-order chi connectivity index (χ0) is 14.8. The van der Waals surface area contributed by atoms with E-state index in [2.05, 4.69) is 9.72 Å². The number of aryl methyl sites for hydroxylation is 1. The van der Waals surface area contributed by atoms with E-state index >= 15 is 0 Å². The molecule has 1 aromatic heterocycles. The van der Waals surface area contributed by atoms with E-state index in [4.69, 9.17) is 4.74 Å². The van der Waals surface area contributed by atoms with Crippen molar-refractivity contribution >= 4 is 16.0 Å². The van der Waals surface area contributed by atoms with Crippen LogP contribution in [0.15, 0.2) is 17.6 Å². The third-order valence-electron chi connectivity index (χ3n) is 3.07. The predicted molar refractivity (Wildman–Crippen MR) is 68.4 cm³/mol. The van der Waals surface area contributed by atoms with Crippen LogP contribution in [0.1, 0.15) is 6.92 Å². The minimum atomic E-state index is -3.71. The van der Waals surface area contributed by atoms with Gasteiger partial charge < -0.3 is 14.0 Å². The maximum atomic E-state index is 12.4. The molecule has 1 atom stereocenters. The molecule has 0 amide bonds. The summed E-state index contributed by atoms with van der Waals surface area (Å²) in [4.78, 5) is 15.3. The number of nitrogens with zero attached hydrogens (tertiary/aromatic N) is 3. The molecule has 1 aliphatic heterocycles. The van der Waals surface area contributed by atoms with Crippen LogP contribution >= 0.6 is 0 Å². The lowest BCUT2D eigenvalue weighted by Gasteiger charge is -2.29. The zero-order valence-corrected chi connectivity index (χ0v) is 12.2. The quantitative estimate of drug-likeness (QED) is 0.694. The number of morpholine rings is 1. The summed E-state index contributed by atoms with van der Waals surface area (Å²) in [5.41, 5.74) is 0. The Morgan fingerprint density at radius 1 is 1.60 bits per heavy atom. The maximum absolute atomic E-state index is 12.4. The maximum Gasteiger partial charge on any atom is 0.336 e. The Morgan fingerprint density at radius 3 is 2.95 bits per heavy atom. The Labute approximate surface area is 117 Å². The lowest BCUT2D eigenvalue weighted by atomic mass is 10.3. The Bertz CT molecular complexity index is 583. The third kappa shape index (κ3) is 2.84. The topological polar surface area (TPSA) is 90.7 Å². The summed E-state index contributed by atoms with van der Waals surface area (Å²) >= 11 is 0. The number of hydrogen-bond donors (Lipinski definition) is 0. The first-order valence-corrected chi connectivity index (χ1v) is 7.64. The molecule has 20 heavy (non-hydrogen) atoms. The molecule has 1 aromatic rings. The average molecular weight is 303 g/mol. The third-order valence-corrected chi connectivity index (χ3v) is 4.82. The molecular weight excluding hydrogens is 286 g/mol.